The van der Waals surface area contributed by atoms with E-state index < -0.39 is 12.4 Å². The topological polar surface area (TPSA) is 38.8 Å². The Bertz CT molecular complexity index is 665. The molecule has 1 atom stereocenters. The van der Waals surface area contributed by atoms with Gasteiger partial charge in [-0.3, -0.25) is 0 Å². The number of anilines is 1. The smallest absolute Gasteiger partial charge is 0.410 e. The Morgan fingerprint density at radius 2 is 1.72 bits per heavy atom. The van der Waals surface area contributed by atoms with Gasteiger partial charge in [-0.25, -0.2) is 4.79 Å². The first-order chi connectivity index (χ1) is 12.0. The minimum atomic E-state index is -0.685. The molecule has 0 N–H and O–H groups in total. The maximum atomic E-state index is 12.2. The molecule has 2 aromatic rings. The van der Waals surface area contributed by atoms with Crippen molar-refractivity contribution in [3.63, 3.8) is 0 Å². The molecule has 0 spiro atoms. The van der Waals surface area contributed by atoms with Gasteiger partial charge in [0.05, 0.1) is 0 Å². The number of hydrogen-bond donors (Lipinski definition) is 0. The van der Waals surface area contributed by atoms with E-state index in [0.29, 0.717) is 5.75 Å². The van der Waals surface area contributed by atoms with E-state index in [9.17, 15) is 4.79 Å². The lowest BCUT2D eigenvalue weighted by Crippen LogP contribution is -2.38. The average Bonchev–Trinajstić information content (AvgIpc) is 2.55. The summed E-state index contributed by atoms with van der Waals surface area (Å²) < 4.78 is 10.9. The molecule has 0 fully saturated rings. The van der Waals surface area contributed by atoms with Crippen molar-refractivity contribution in [1.82, 2.24) is 0 Å². The van der Waals surface area contributed by atoms with Crippen LogP contribution >= 0.6 is 0 Å². The number of hydrogen-bond acceptors (Lipinski definition) is 4. The standard InChI is InChI=1S/C21H27NO3/c1-5-6-12-22(19-10-8-7-9-11-19)18(4)24-21(23)25-20-14-16(2)13-17(3)15-20/h7-11,13-15,18H,5-6,12H2,1-4H3. The van der Waals surface area contributed by atoms with E-state index in [1.807, 2.05) is 69.3 Å². The van der Waals surface area contributed by atoms with Crippen LogP contribution in [0.15, 0.2) is 48.5 Å². The van der Waals surface area contributed by atoms with Crippen molar-refractivity contribution in [2.24, 2.45) is 0 Å². The summed E-state index contributed by atoms with van der Waals surface area (Å²) in [6.45, 7) is 8.76. The van der Waals surface area contributed by atoms with Crippen molar-refractivity contribution in [2.75, 3.05) is 11.4 Å². The van der Waals surface area contributed by atoms with Gasteiger partial charge >= 0.3 is 6.16 Å². The Morgan fingerprint density at radius 1 is 1.08 bits per heavy atom. The normalized spacial score (nSPS) is 11.7. The van der Waals surface area contributed by atoms with E-state index >= 15 is 0 Å². The molecule has 1 unspecified atom stereocenters. The van der Waals surface area contributed by atoms with Crippen molar-refractivity contribution in [2.45, 2.75) is 46.8 Å². The number of nitrogens with zero attached hydrogens (tertiary/aromatic N) is 1. The summed E-state index contributed by atoms with van der Waals surface area (Å²) in [4.78, 5) is 14.3. The third kappa shape index (κ3) is 5.82. The molecule has 2 rings (SSSR count). The molecule has 134 valence electrons. The van der Waals surface area contributed by atoms with Crippen LogP contribution in [0.4, 0.5) is 10.5 Å². The fraction of sp³-hybridized carbons (Fsp3) is 0.381. The summed E-state index contributed by atoms with van der Waals surface area (Å²) in [6.07, 6.45) is 1.000. The monoisotopic (exact) mass is 341 g/mol. The average molecular weight is 341 g/mol. The zero-order valence-corrected chi connectivity index (χ0v) is 15.5. The van der Waals surface area contributed by atoms with Gasteiger partial charge in [-0.15, -0.1) is 0 Å². The molecule has 0 aliphatic heterocycles. The lowest BCUT2D eigenvalue weighted by Gasteiger charge is -2.30. The van der Waals surface area contributed by atoms with Crippen molar-refractivity contribution >= 4 is 11.8 Å². The molecule has 0 aliphatic carbocycles. The summed E-state index contributed by atoms with van der Waals surface area (Å²) >= 11 is 0. The van der Waals surface area contributed by atoms with Gasteiger partial charge in [0.25, 0.3) is 0 Å². The van der Waals surface area contributed by atoms with Crippen LogP contribution in [0.3, 0.4) is 0 Å². The highest BCUT2D eigenvalue weighted by Crippen LogP contribution is 2.20. The van der Waals surface area contributed by atoms with Gasteiger partial charge in [0.15, 0.2) is 6.23 Å². The van der Waals surface area contributed by atoms with Crippen molar-refractivity contribution < 1.29 is 14.3 Å². The van der Waals surface area contributed by atoms with Gasteiger partial charge in [-0.1, -0.05) is 37.6 Å². The van der Waals surface area contributed by atoms with E-state index in [1.165, 1.54) is 0 Å². The summed E-state index contributed by atoms with van der Waals surface area (Å²) in [6, 6.07) is 15.7. The Morgan fingerprint density at radius 3 is 2.32 bits per heavy atom. The fourth-order valence-corrected chi connectivity index (χ4v) is 2.78. The van der Waals surface area contributed by atoms with Gasteiger partial charge in [0.1, 0.15) is 5.75 Å². The maximum Gasteiger partial charge on any atom is 0.515 e. The van der Waals surface area contributed by atoms with Crippen LogP contribution in [0.25, 0.3) is 0 Å². The van der Waals surface area contributed by atoms with E-state index in [4.69, 9.17) is 9.47 Å². The van der Waals surface area contributed by atoms with E-state index in [1.54, 1.807) is 0 Å². The van der Waals surface area contributed by atoms with E-state index in [0.717, 1.165) is 36.2 Å². The number of carbonyl (C=O) groups is 1. The SMILES string of the molecule is CCCCN(c1ccccc1)C(C)OC(=O)Oc1cc(C)cc(C)c1. The maximum absolute atomic E-state index is 12.2. The summed E-state index contributed by atoms with van der Waals surface area (Å²) in [7, 11) is 0. The number of ether oxygens (including phenoxy) is 2. The van der Waals surface area contributed by atoms with Crippen LogP contribution in [0.5, 0.6) is 5.75 Å². The third-order valence-corrected chi connectivity index (χ3v) is 3.94. The fourth-order valence-electron chi connectivity index (χ4n) is 2.78. The van der Waals surface area contributed by atoms with Gasteiger partial charge in [0.2, 0.25) is 0 Å². The molecule has 0 aromatic heterocycles. The predicted octanol–water partition coefficient (Wildman–Crippen LogP) is 5.47. The number of rotatable bonds is 7. The van der Waals surface area contributed by atoms with Gasteiger partial charge in [-0.05, 0) is 62.6 Å². The Labute approximate surface area is 150 Å². The molecular weight excluding hydrogens is 314 g/mol. The van der Waals surface area contributed by atoms with Crippen LogP contribution in [-0.4, -0.2) is 18.9 Å². The van der Waals surface area contributed by atoms with Crippen LogP contribution in [-0.2, 0) is 4.74 Å². The second-order valence-electron chi connectivity index (χ2n) is 6.28. The first-order valence-corrected chi connectivity index (χ1v) is 8.78. The Hall–Kier alpha value is -2.49. The number of benzene rings is 2. The minimum absolute atomic E-state index is 0.410. The first kappa shape index (κ1) is 18.8. The Balaban J connectivity index is 2.03. The van der Waals surface area contributed by atoms with E-state index in [-0.39, 0.29) is 0 Å². The van der Waals surface area contributed by atoms with Crippen molar-refractivity contribution in [3.05, 3.63) is 59.7 Å². The quantitative estimate of drug-likeness (QED) is 0.380. The molecule has 0 saturated heterocycles. The van der Waals surface area contributed by atoms with E-state index in [2.05, 4.69) is 11.8 Å². The molecule has 0 amide bonds. The molecule has 2 aromatic carbocycles. The summed E-state index contributed by atoms with van der Waals surface area (Å²) in [5.41, 5.74) is 3.12. The van der Waals surface area contributed by atoms with Gasteiger partial charge < -0.3 is 14.4 Å². The highest BCUT2D eigenvalue weighted by Gasteiger charge is 2.19. The molecule has 4 heteroatoms. The van der Waals surface area contributed by atoms with Crippen LogP contribution in [0, 0.1) is 13.8 Å². The highest BCUT2D eigenvalue weighted by atomic mass is 16.7. The van der Waals surface area contributed by atoms with Crippen LogP contribution < -0.4 is 9.64 Å². The molecular formula is C21H27NO3. The third-order valence-electron chi connectivity index (χ3n) is 3.94. The molecule has 0 aliphatic rings. The number of para-hydroxylation sites is 1. The molecule has 4 nitrogen and oxygen atoms in total. The van der Waals surface area contributed by atoms with Crippen molar-refractivity contribution in [3.8, 4) is 5.75 Å². The molecule has 0 heterocycles. The second-order valence-corrected chi connectivity index (χ2v) is 6.28. The summed E-state index contributed by atoms with van der Waals surface area (Å²) in [5, 5.41) is 0. The second kappa shape index (κ2) is 9.11. The minimum Gasteiger partial charge on any atom is -0.410 e. The largest absolute Gasteiger partial charge is 0.515 e. The molecule has 25 heavy (non-hydrogen) atoms. The number of aryl methyl sites for hydroxylation is 2. The zero-order chi connectivity index (χ0) is 18.2. The highest BCUT2D eigenvalue weighted by molar-refractivity contribution is 5.64. The lowest BCUT2D eigenvalue weighted by molar-refractivity contribution is 0.0640. The zero-order valence-electron chi connectivity index (χ0n) is 15.5. The summed E-state index contributed by atoms with van der Waals surface area (Å²) in [5.74, 6) is 0.509. The lowest BCUT2D eigenvalue weighted by atomic mass is 10.1. The predicted molar refractivity (Wildman–Crippen MR) is 101 cm³/mol. The van der Waals surface area contributed by atoms with Gasteiger partial charge in [0, 0.05) is 12.2 Å². The van der Waals surface area contributed by atoms with Crippen LogP contribution in [0.1, 0.15) is 37.8 Å². The molecule has 0 radical (unpaired) electrons. The number of unbranched alkanes of at least 4 members (excludes halogenated alkanes) is 1. The molecule has 0 saturated carbocycles. The Kier molecular flexibility index (Phi) is 6.87. The van der Waals surface area contributed by atoms with Gasteiger partial charge in [-0.2, -0.15) is 0 Å². The van der Waals surface area contributed by atoms with Crippen LogP contribution in [0.2, 0.25) is 0 Å². The number of carbonyl (C=O) groups excluding carboxylic acids is 1. The molecule has 0 bridgehead atoms. The first-order valence-electron chi connectivity index (χ1n) is 8.78. The van der Waals surface area contributed by atoms with Crippen molar-refractivity contribution in [1.29, 1.82) is 0 Å².